The fraction of sp³-hybridized carbons (Fsp3) is 0.364. The molecular weight excluding hydrogens is 354 g/mol. The van der Waals surface area contributed by atoms with Crippen LogP contribution in [0.2, 0.25) is 0 Å². The Labute approximate surface area is 164 Å². The van der Waals surface area contributed by atoms with Crippen molar-refractivity contribution in [2.24, 2.45) is 0 Å². The summed E-state index contributed by atoms with van der Waals surface area (Å²) < 4.78 is 7.02. The summed E-state index contributed by atoms with van der Waals surface area (Å²) in [5.74, 6) is 0.374. The Bertz CT molecular complexity index is 982. The van der Waals surface area contributed by atoms with Gasteiger partial charge in [0, 0.05) is 30.6 Å². The summed E-state index contributed by atoms with van der Waals surface area (Å²) in [5, 5.41) is 15.8. The number of ether oxygens (including phenoxy) is 1. The topological polar surface area (TPSA) is 67.6 Å². The van der Waals surface area contributed by atoms with Gasteiger partial charge >= 0.3 is 5.97 Å². The van der Waals surface area contributed by atoms with Gasteiger partial charge < -0.3 is 9.84 Å². The number of hydrogen-bond acceptors (Lipinski definition) is 4. The Morgan fingerprint density at radius 2 is 2.04 bits per heavy atom. The maximum atomic E-state index is 10.9. The summed E-state index contributed by atoms with van der Waals surface area (Å²) in [6, 6.07) is 14.5. The molecule has 1 N–H and O–H groups in total. The van der Waals surface area contributed by atoms with Gasteiger partial charge in [0.15, 0.2) is 0 Å². The summed E-state index contributed by atoms with van der Waals surface area (Å²) >= 11 is 0. The Hall–Kier alpha value is -2.86. The predicted molar refractivity (Wildman–Crippen MR) is 108 cm³/mol. The van der Waals surface area contributed by atoms with E-state index in [1.54, 1.807) is 13.3 Å². The lowest BCUT2D eigenvalue weighted by atomic mass is 9.94. The number of fused-ring (bicyclic) bond motifs is 1. The first-order chi connectivity index (χ1) is 13.6. The molecule has 0 unspecified atom stereocenters. The van der Waals surface area contributed by atoms with Crippen LogP contribution in [0.1, 0.15) is 30.0 Å². The zero-order valence-corrected chi connectivity index (χ0v) is 16.0. The van der Waals surface area contributed by atoms with Gasteiger partial charge in [-0.25, -0.2) is 0 Å². The van der Waals surface area contributed by atoms with E-state index in [0.29, 0.717) is 5.92 Å². The second kappa shape index (κ2) is 8.02. The van der Waals surface area contributed by atoms with Gasteiger partial charge in [-0.05, 0) is 42.5 Å². The van der Waals surface area contributed by atoms with Crippen molar-refractivity contribution in [2.75, 3.05) is 20.2 Å². The van der Waals surface area contributed by atoms with Gasteiger partial charge in [-0.2, -0.15) is 5.10 Å². The Kier molecular flexibility index (Phi) is 5.30. The molecule has 0 saturated carbocycles. The van der Waals surface area contributed by atoms with Crippen molar-refractivity contribution in [1.82, 2.24) is 14.7 Å². The number of hydrogen-bond donors (Lipinski definition) is 1. The van der Waals surface area contributed by atoms with Gasteiger partial charge in [0.2, 0.25) is 0 Å². The molecule has 1 fully saturated rings. The van der Waals surface area contributed by atoms with Crippen LogP contribution in [0.25, 0.3) is 10.8 Å². The third-order valence-corrected chi connectivity index (χ3v) is 5.47. The standard InChI is InChI=1S/C22H25N3O3/c1-28-21-9-8-16(18-6-2-3-7-19(18)21)13-24-11-4-5-17(14-24)20-10-12-25(23-20)15-22(26)27/h2-3,6-10,12,17H,4-5,11,13-15H2,1H3,(H,26,27)/t17-/m0/s1. The van der Waals surface area contributed by atoms with Gasteiger partial charge in [0.1, 0.15) is 12.3 Å². The summed E-state index contributed by atoms with van der Waals surface area (Å²) in [5.41, 5.74) is 2.29. The molecule has 6 nitrogen and oxygen atoms in total. The fourth-order valence-electron chi connectivity index (χ4n) is 4.15. The molecule has 2 heterocycles. The predicted octanol–water partition coefficient (Wildman–Crippen LogP) is 3.51. The lowest BCUT2D eigenvalue weighted by Gasteiger charge is -2.32. The fourth-order valence-corrected chi connectivity index (χ4v) is 4.15. The van der Waals surface area contributed by atoms with Crippen LogP contribution in [0.15, 0.2) is 48.7 Å². The van der Waals surface area contributed by atoms with Crippen molar-refractivity contribution >= 4 is 16.7 Å². The molecule has 1 saturated heterocycles. The minimum atomic E-state index is -0.869. The Balaban J connectivity index is 1.51. The van der Waals surface area contributed by atoms with Crippen molar-refractivity contribution in [2.45, 2.75) is 31.8 Å². The molecule has 1 aromatic heterocycles. The smallest absolute Gasteiger partial charge is 0.325 e. The van der Waals surface area contributed by atoms with E-state index in [1.165, 1.54) is 15.6 Å². The van der Waals surface area contributed by atoms with Crippen molar-refractivity contribution in [1.29, 1.82) is 0 Å². The highest BCUT2D eigenvalue weighted by Gasteiger charge is 2.24. The first kappa shape index (κ1) is 18.5. The summed E-state index contributed by atoms with van der Waals surface area (Å²) in [4.78, 5) is 13.4. The monoisotopic (exact) mass is 379 g/mol. The van der Waals surface area contributed by atoms with E-state index >= 15 is 0 Å². The van der Waals surface area contributed by atoms with E-state index in [9.17, 15) is 4.79 Å². The average molecular weight is 379 g/mol. The number of carbonyl (C=O) groups is 1. The summed E-state index contributed by atoms with van der Waals surface area (Å²) in [6.45, 7) is 2.79. The molecule has 146 valence electrons. The number of methoxy groups -OCH3 is 1. The maximum Gasteiger partial charge on any atom is 0.325 e. The van der Waals surface area contributed by atoms with Crippen molar-refractivity contribution < 1.29 is 14.6 Å². The molecule has 0 amide bonds. The zero-order chi connectivity index (χ0) is 19.5. The molecule has 3 aromatic rings. The quantitative estimate of drug-likeness (QED) is 0.710. The van der Waals surface area contributed by atoms with Crippen LogP contribution in [-0.4, -0.2) is 46.0 Å². The van der Waals surface area contributed by atoms with Crippen LogP contribution in [0.3, 0.4) is 0 Å². The van der Waals surface area contributed by atoms with Crippen molar-refractivity contribution in [3.63, 3.8) is 0 Å². The third kappa shape index (κ3) is 3.87. The normalized spacial score (nSPS) is 17.7. The molecule has 0 aliphatic carbocycles. The summed E-state index contributed by atoms with van der Waals surface area (Å²) in [6.07, 6.45) is 3.97. The van der Waals surface area contributed by atoms with E-state index in [-0.39, 0.29) is 6.54 Å². The number of nitrogens with zero attached hydrogens (tertiary/aromatic N) is 3. The van der Waals surface area contributed by atoms with Crippen LogP contribution < -0.4 is 4.74 Å². The second-order valence-electron chi connectivity index (χ2n) is 7.38. The number of likely N-dealkylation sites (tertiary alicyclic amines) is 1. The second-order valence-corrected chi connectivity index (χ2v) is 7.38. The highest BCUT2D eigenvalue weighted by Crippen LogP contribution is 2.31. The van der Waals surface area contributed by atoms with Crippen LogP contribution in [-0.2, 0) is 17.9 Å². The number of aliphatic carboxylic acids is 1. The molecule has 2 aromatic carbocycles. The van der Waals surface area contributed by atoms with Gasteiger partial charge in [0.05, 0.1) is 12.8 Å². The average Bonchev–Trinajstić information content (AvgIpc) is 3.16. The van der Waals surface area contributed by atoms with Crippen LogP contribution in [0.5, 0.6) is 5.75 Å². The van der Waals surface area contributed by atoms with E-state index in [0.717, 1.165) is 49.3 Å². The first-order valence-electron chi connectivity index (χ1n) is 9.66. The molecule has 4 rings (SSSR count). The molecule has 0 radical (unpaired) electrons. The van der Waals surface area contributed by atoms with Gasteiger partial charge in [-0.3, -0.25) is 14.4 Å². The molecule has 0 bridgehead atoms. The molecule has 0 spiro atoms. The number of benzene rings is 2. The molecule has 28 heavy (non-hydrogen) atoms. The van der Waals surface area contributed by atoms with E-state index in [1.807, 2.05) is 18.2 Å². The Morgan fingerprint density at radius 3 is 2.82 bits per heavy atom. The maximum absolute atomic E-state index is 10.9. The number of piperidine rings is 1. The van der Waals surface area contributed by atoms with Crippen molar-refractivity contribution in [3.05, 3.63) is 59.9 Å². The van der Waals surface area contributed by atoms with Crippen LogP contribution >= 0.6 is 0 Å². The molecule has 1 aliphatic rings. The number of aromatic nitrogens is 2. The lowest BCUT2D eigenvalue weighted by Crippen LogP contribution is -2.34. The lowest BCUT2D eigenvalue weighted by molar-refractivity contribution is -0.137. The zero-order valence-electron chi connectivity index (χ0n) is 16.0. The molecular formula is C22H25N3O3. The van der Waals surface area contributed by atoms with Gasteiger partial charge in [-0.15, -0.1) is 0 Å². The van der Waals surface area contributed by atoms with Gasteiger partial charge in [0.25, 0.3) is 0 Å². The largest absolute Gasteiger partial charge is 0.496 e. The number of carboxylic acids is 1. The number of rotatable bonds is 6. The van der Waals surface area contributed by atoms with Crippen molar-refractivity contribution in [3.8, 4) is 5.75 Å². The molecule has 1 atom stereocenters. The first-order valence-corrected chi connectivity index (χ1v) is 9.66. The highest BCUT2D eigenvalue weighted by atomic mass is 16.5. The van der Waals surface area contributed by atoms with Gasteiger partial charge in [-0.1, -0.05) is 30.3 Å². The van der Waals surface area contributed by atoms with E-state index < -0.39 is 5.97 Å². The van der Waals surface area contributed by atoms with Crippen LogP contribution in [0, 0.1) is 0 Å². The van der Waals surface area contributed by atoms with Crippen LogP contribution in [0.4, 0.5) is 0 Å². The minimum Gasteiger partial charge on any atom is -0.496 e. The SMILES string of the molecule is COc1ccc(CN2CCC[C@H](c3ccn(CC(=O)O)n3)C2)c2ccccc12. The van der Waals surface area contributed by atoms with E-state index in [2.05, 4.69) is 34.3 Å². The third-order valence-electron chi connectivity index (χ3n) is 5.47. The Morgan fingerprint density at radius 1 is 1.21 bits per heavy atom. The van der Waals surface area contributed by atoms with E-state index in [4.69, 9.17) is 9.84 Å². The minimum absolute atomic E-state index is 0.0890. The molecule has 6 heteroatoms. The molecule has 1 aliphatic heterocycles. The number of carboxylic acid groups (broad SMARTS) is 1. The summed E-state index contributed by atoms with van der Waals surface area (Å²) in [7, 11) is 1.71. The highest BCUT2D eigenvalue weighted by molar-refractivity contribution is 5.91.